The molecular weight excluding hydrogens is 360 g/mol. The van der Waals surface area contributed by atoms with E-state index in [9.17, 15) is 4.79 Å². The minimum Gasteiger partial charge on any atom is -0.294 e. The van der Waals surface area contributed by atoms with Gasteiger partial charge in [-0.1, -0.05) is 36.4 Å². The highest BCUT2D eigenvalue weighted by atomic mass is 16.1. The van der Waals surface area contributed by atoms with Crippen LogP contribution in [0, 0.1) is 0 Å². The van der Waals surface area contributed by atoms with Crippen molar-refractivity contribution in [2.75, 3.05) is 6.54 Å². The molecule has 0 saturated heterocycles. The summed E-state index contributed by atoms with van der Waals surface area (Å²) in [5, 5.41) is 1.10. The van der Waals surface area contributed by atoms with Gasteiger partial charge in [0.2, 0.25) is 0 Å². The summed E-state index contributed by atoms with van der Waals surface area (Å²) >= 11 is 0. The van der Waals surface area contributed by atoms with E-state index >= 15 is 0 Å². The molecule has 3 aromatic heterocycles. The molecule has 0 atom stereocenters. The van der Waals surface area contributed by atoms with E-state index in [0.29, 0.717) is 13.1 Å². The van der Waals surface area contributed by atoms with Gasteiger partial charge in [-0.05, 0) is 41.3 Å². The van der Waals surface area contributed by atoms with E-state index in [4.69, 9.17) is 0 Å². The van der Waals surface area contributed by atoms with Crippen molar-refractivity contribution >= 4 is 11.0 Å². The summed E-state index contributed by atoms with van der Waals surface area (Å²) < 4.78 is 1.83. The average Bonchev–Trinajstić information content (AvgIpc) is 2.78. The van der Waals surface area contributed by atoms with E-state index in [0.717, 1.165) is 47.2 Å². The molecule has 144 valence electrons. The topological polar surface area (TPSA) is 51.0 Å². The molecule has 29 heavy (non-hydrogen) atoms. The third-order valence-corrected chi connectivity index (χ3v) is 5.61. The largest absolute Gasteiger partial charge is 0.294 e. The van der Waals surface area contributed by atoms with Gasteiger partial charge in [-0.15, -0.1) is 0 Å². The lowest BCUT2D eigenvalue weighted by Crippen LogP contribution is -2.37. The Bertz CT molecular complexity index is 1200. The van der Waals surface area contributed by atoms with Gasteiger partial charge in [0.15, 0.2) is 0 Å². The van der Waals surface area contributed by atoms with Crippen LogP contribution in [0.2, 0.25) is 0 Å². The van der Waals surface area contributed by atoms with E-state index in [2.05, 4.69) is 39.1 Å². The van der Waals surface area contributed by atoms with Crippen LogP contribution in [0.3, 0.4) is 0 Å². The highest BCUT2D eigenvalue weighted by Gasteiger charge is 2.24. The Morgan fingerprint density at radius 1 is 0.862 bits per heavy atom. The van der Waals surface area contributed by atoms with Crippen LogP contribution in [-0.4, -0.2) is 26.0 Å². The zero-order valence-electron chi connectivity index (χ0n) is 16.2. The van der Waals surface area contributed by atoms with Crippen LogP contribution >= 0.6 is 0 Å². The SMILES string of the molecule is O=c1c2c(c3cccnc3n1Cc1ccccc1)CCN(Cc1cccnc1)C2. The second kappa shape index (κ2) is 7.60. The fraction of sp³-hybridized carbons (Fsp3) is 0.208. The maximum absolute atomic E-state index is 13.5. The van der Waals surface area contributed by atoms with Gasteiger partial charge in [-0.25, -0.2) is 4.98 Å². The predicted octanol–water partition coefficient (Wildman–Crippen LogP) is 3.40. The zero-order chi connectivity index (χ0) is 19.6. The number of fused-ring (bicyclic) bond motifs is 3. The van der Waals surface area contributed by atoms with Crippen molar-refractivity contribution in [2.24, 2.45) is 0 Å². The molecule has 4 aromatic rings. The molecule has 0 amide bonds. The lowest BCUT2D eigenvalue weighted by atomic mass is 9.97. The summed E-state index contributed by atoms with van der Waals surface area (Å²) in [4.78, 5) is 24.6. The normalized spacial score (nSPS) is 14.1. The number of hydrogen-bond acceptors (Lipinski definition) is 4. The molecule has 5 heteroatoms. The Morgan fingerprint density at radius 3 is 2.52 bits per heavy atom. The first kappa shape index (κ1) is 17.8. The monoisotopic (exact) mass is 382 g/mol. The first-order valence-corrected chi connectivity index (χ1v) is 9.94. The predicted molar refractivity (Wildman–Crippen MR) is 114 cm³/mol. The first-order chi connectivity index (χ1) is 14.3. The van der Waals surface area contributed by atoms with Crippen LogP contribution in [-0.2, 0) is 26.1 Å². The Morgan fingerprint density at radius 2 is 1.69 bits per heavy atom. The van der Waals surface area contributed by atoms with Crippen molar-refractivity contribution in [2.45, 2.75) is 26.1 Å². The zero-order valence-corrected chi connectivity index (χ0v) is 16.2. The van der Waals surface area contributed by atoms with Gasteiger partial charge < -0.3 is 0 Å². The molecule has 0 aliphatic carbocycles. The van der Waals surface area contributed by atoms with E-state index in [1.165, 1.54) is 5.56 Å². The summed E-state index contributed by atoms with van der Waals surface area (Å²) in [6.07, 6.45) is 6.32. The summed E-state index contributed by atoms with van der Waals surface area (Å²) in [6, 6.07) is 18.2. The second-order valence-electron chi connectivity index (χ2n) is 7.53. The summed E-state index contributed by atoms with van der Waals surface area (Å²) in [6.45, 7) is 2.91. The summed E-state index contributed by atoms with van der Waals surface area (Å²) in [7, 11) is 0. The van der Waals surface area contributed by atoms with Crippen molar-refractivity contribution < 1.29 is 0 Å². The standard InChI is InChI=1S/C24H22N4O/c29-24-22-17-27(15-19-8-4-11-25-14-19)13-10-20(22)21-9-5-12-26-23(21)28(24)16-18-6-2-1-3-7-18/h1-9,11-12,14H,10,13,15-17H2. The smallest absolute Gasteiger partial charge is 0.257 e. The molecule has 4 heterocycles. The Balaban J connectivity index is 1.57. The molecule has 0 radical (unpaired) electrons. The molecule has 0 bridgehead atoms. The average molecular weight is 382 g/mol. The number of rotatable bonds is 4. The Kier molecular flexibility index (Phi) is 4.66. The van der Waals surface area contributed by atoms with Crippen LogP contribution in [0.1, 0.15) is 22.3 Å². The lowest BCUT2D eigenvalue weighted by molar-refractivity contribution is 0.244. The second-order valence-corrected chi connectivity index (χ2v) is 7.53. The molecule has 0 fully saturated rings. The number of aromatic nitrogens is 3. The van der Waals surface area contributed by atoms with Gasteiger partial charge in [0.05, 0.1) is 6.54 Å². The fourth-order valence-electron chi connectivity index (χ4n) is 4.22. The molecule has 1 aliphatic rings. The Hall–Kier alpha value is -3.31. The minimum atomic E-state index is 0.0749. The number of hydrogen-bond donors (Lipinski definition) is 0. The molecule has 0 saturated carbocycles. The lowest BCUT2D eigenvalue weighted by Gasteiger charge is -2.29. The molecular formula is C24H22N4O. The summed E-state index contributed by atoms with van der Waals surface area (Å²) in [5.41, 5.74) is 5.18. The van der Waals surface area contributed by atoms with Crippen molar-refractivity contribution in [1.82, 2.24) is 19.4 Å². The summed E-state index contributed by atoms with van der Waals surface area (Å²) in [5.74, 6) is 0. The van der Waals surface area contributed by atoms with Crippen LogP contribution in [0.25, 0.3) is 11.0 Å². The van der Waals surface area contributed by atoms with Crippen molar-refractivity contribution in [1.29, 1.82) is 0 Å². The van der Waals surface area contributed by atoms with E-state index in [1.54, 1.807) is 12.4 Å². The van der Waals surface area contributed by atoms with E-state index in [-0.39, 0.29) is 5.56 Å². The van der Waals surface area contributed by atoms with Gasteiger partial charge in [0.25, 0.3) is 5.56 Å². The third-order valence-electron chi connectivity index (χ3n) is 5.61. The van der Waals surface area contributed by atoms with Crippen LogP contribution in [0.15, 0.2) is 78.0 Å². The Labute approximate surface area is 169 Å². The quantitative estimate of drug-likeness (QED) is 0.543. The molecule has 0 spiro atoms. The number of nitrogens with zero attached hydrogens (tertiary/aromatic N) is 4. The van der Waals surface area contributed by atoms with Gasteiger partial charge >= 0.3 is 0 Å². The van der Waals surface area contributed by atoms with Crippen molar-refractivity contribution in [3.05, 3.63) is 106 Å². The first-order valence-electron chi connectivity index (χ1n) is 9.94. The number of benzene rings is 1. The molecule has 5 nitrogen and oxygen atoms in total. The van der Waals surface area contributed by atoms with Crippen molar-refractivity contribution in [3.8, 4) is 0 Å². The van der Waals surface area contributed by atoms with E-state index < -0.39 is 0 Å². The van der Waals surface area contributed by atoms with E-state index in [1.807, 2.05) is 41.1 Å². The van der Waals surface area contributed by atoms with Gasteiger partial charge in [-0.3, -0.25) is 19.2 Å². The highest BCUT2D eigenvalue weighted by molar-refractivity contribution is 5.80. The van der Waals surface area contributed by atoms with Crippen molar-refractivity contribution in [3.63, 3.8) is 0 Å². The number of pyridine rings is 3. The molecule has 0 unspecified atom stereocenters. The highest BCUT2D eigenvalue weighted by Crippen LogP contribution is 2.25. The van der Waals surface area contributed by atoms with Gasteiger partial charge in [0.1, 0.15) is 5.65 Å². The molecule has 0 N–H and O–H groups in total. The van der Waals surface area contributed by atoms with Gasteiger partial charge in [0, 0.05) is 49.2 Å². The van der Waals surface area contributed by atoms with Crippen LogP contribution < -0.4 is 5.56 Å². The third kappa shape index (κ3) is 3.45. The van der Waals surface area contributed by atoms with Crippen LogP contribution in [0.5, 0.6) is 0 Å². The van der Waals surface area contributed by atoms with Crippen LogP contribution in [0.4, 0.5) is 0 Å². The molecule has 1 aromatic carbocycles. The minimum absolute atomic E-state index is 0.0749. The fourth-order valence-corrected chi connectivity index (χ4v) is 4.22. The molecule has 5 rings (SSSR count). The van der Waals surface area contributed by atoms with Gasteiger partial charge in [-0.2, -0.15) is 0 Å². The maximum atomic E-state index is 13.5. The maximum Gasteiger partial charge on any atom is 0.257 e. The molecule has 1 aliphatic heterocycles.